The zero-order chi connectivity index (χ0) is 5.98. The topological polar surface area (TPSA) is 17.3 Å². The Labute approximate surface area is 49.5 Å². The molecule has 1 heterocycles. The summed E-state index contributed by atoms with van der Waals surface area (Å²) in [5.41, 5.74) is 0. The molecular weight excluding hydrogens is 100 g/mol. The van der Waals surface area contributed by atoms with Crippen LogP contribution >= 0.6 is 0 Å². The van der Waals surface area contributed by atoms with Gasteiger partial charge in [0.05, 0.1) is 13.5 Å². The molecule has 0 bridgehead atoms. The molecule has 43 valence electrons. The number of nitrogens with zero attached hydrogens (tertiary/aromatic N) is 2. The molecule has 1 aliphatic heterocycles. The van der Waals surface area contributed by atoms with E-state index in [2.05, 4.69) is 11.9 Å². The lowest BCUT2D eigenvalue weighted by atomic mass is 10.4. The molecule has 1 rings (SSSR count). The van der Waals surface area contributed by atoms with Crippen molar-refractivity contribution in [3.63, 3.8) is 0 Å². The largest absolute Gasteiger partial charge is 0.298 e. The lowest BCUT2D eigenvalue weighted by molar-refractivity contribution is 0.685. The van der Waals surface area contributed by atoms with Crippen LogP contribution in [0.4, 0.5) is 0 Å². The van der Waals surface area contributed by atoms with Gasteiger partial charge in [0.15, 0.2) is 6.20 Å². The van der Waals surface area contributed by atoms with Crippen molar-refractivity contribution in [2.24, 2.45) is 0 Å². The standard InChI is InChI=1S/C6H10N2/c1-3-6-7-4-5-8(6)2/h4-5H,3H2,1-2H3/q+1. The smallest absolute Gasteiger partial charge is 0.234 e. The fourth-order valence-electron chi connectivity index (χ4n) is 0.737. The zero-order valence-electron chi connectivity index (χ0n) is 5.26. The number of hydrogen-bond donors (Lipinski definition) is 0. The Bertz CT molecular complexity index is 135. The van der Waals surface area contributed by atoms with Crippen LogP contribution in [0.3, 0.4) is 0 Å². The van der Waals surface area contributed by atoms with Gasteiger partial charge in [-0.15, -0.1) is 0 Å². The quantitative estimate of drug-likeness (QED) is 0.481. The van der Waals surface area contributed by atoms with E-state index in [1.807, 2.05) is 24.3 Å². The minimum absolute atomic E-state index is 1.02. The van der Waals surface area contributed by atoms with E-state index in [0.29, 0.717) is 0 Å². The first kappa shape index (κ1) is 5.35. The van der Waals surface area contributed by atoms with E-state index < -0.39 is 0 Å². The van der Waals surface area contributed by atoms with E-state index in [4.69, 9.17) is 0 Å². The summed E-state index contributed by atoms with van der Waals surface area (Å²) in [6, 6.07) is 0. The molecule has 0 spiro atoms. The molecule has 1 aliphatic rings. The molecule has 0 N–H and O–H groups in total. The highest BCUT2D eigenvalue weighted by molar-refractivity contribution is 5.83. The van der Waals surface area contributed by atoms with Gasteiger partial charge in [0.2, 0.25) is 0 Å². The summed E-state index contributed by atoms with van der Waals surface area (Å²) >= 11 is 0. The molecule has 0 amide bonds. The Balaban J connectivity index is 2.59. The number of aliphatic imine (C=N–C) groups is 1. The van der Waals surface area contributed by atoms with Crippen molar-refractivity contribution >= 4 is 5.84 Å². The summed E-state index contributed by atoms with van der Waals surface area (Å²) in [6.07, 6.45) is 4.79. The van der Waals surface area contributed by atoms with Crippen molar-refractivity contribution in [3.05, 3.63) is 12.4 Å². The maximum absolute atomic E-state index is 4.10. The third-order valence-electron chi connectivity index (χ3n) is 1.24. The van der Waals surface area contributed by atoms with Gasteiger partial charge in [-0.1, -0.05) is 11.9 Å². The number of hydrogen-bond acceptors (Lipinski definition) is 2. The lowest BCUT2D eigenvalue weighted by Crippen LogP contribution is -2.18. The molecule has 0 unspecified atom stereocenters. The van der Waals surface area contributed by atoms with Crippen molar-refractivity contribution in [2.45, 2.75) is 13.3 Å². The van der Waals surface area contributed by atoms with E-state index >= 15 is 0 Å². The normalized spacial score (nSPS) is 17.2. The fourth-order valence-corrected chi connectivity index (χ4v) is 0.737. The third kappa shape index (κ3) is 0.735. The van der Waals surface area contributed by atoms with Crippen molar-refractivity contribution in [3.8, 4) is 0 Å². The van der Waals surface area contributed by atoms with Gasteiger partial charge in [0, 0.05) is 0 Å². The molecule has 0 saturated heterocycles. The summed E-state index contributed by atoms with van der Waals surface area (Å²) in [7, 11) is 2.01. The lowest BCUT2D eigenvalue weighted by Gasteiger charge is -1.96. The predicted molar refractivity (Wildman–Crippen MR) is 34.3 cm³/mol. The molecule has 0 atom stereocenters. The van der Waals surface area contributed by atoms with Gasteiger partial charge in [0.1, 0.15) is 6.20 Å². The van der Waals surface area contributed by atoms with E-state index in [1.54, 1.807) is 0 Å². The molecule has 8 heavy (non-hydrogen) atoms. The van der Waals surface area contributed by atoms with Gasteiger partial charge in [-0.05, 0) is 0 Å². The molecule has 2 nitrogen and oxygen atoms in total. The van der Waals surface area contributed by atoms with Crippen LogP contribution in [0.15, 0.2) is 12.4 Å². The van der Waals surface area contributed by atoms with Crippen LogP contribution in [-0.4, -0.2) is 17.8 Å². The second-order valence-electron chi connectivity index (χ2n) is 1.81. The Kier molecular flexibility index (Phi) is 1.33. The van der Waals surface area contributed by atoms with Crippen molar-refractivity contribution in [1.82, 2.24) is 9.89 Å². The fraction of sp³-hybridized carbons (Fsp3) is 0.500. The summed E-state index contributed by atoms with van der Waals surface area (Å²) in [5.74, 6) is 1.14. The van der Waals surface area contributed by atoms with Gasteiger partial charge >= 0.3 is 0 Å². The van der Waals surface area contributed by atoms with E-state index in [9.17, 15) is 0 Å². The van der Waals surface area contributed by atoms with Crippen LogP contribution < -0.4 is 4.99 Å². The first-order valence-corrected chi connectivity index (χ1v) is 2.80. The van der Waals surface area contributed by atoms with Crippen LogP contribution in [0.1, 0.15) is 13.3 Å². The molecule has 0 aromatic rings. The third-order valence-corrected chi connectivity index (χ3v) is 1.24. The highest BCUT2D eigenvalue weighted by atomic mass is 15.2. The monoisotopic (exact) mass is 110 g/mol. The van der Waals surface area contributed by atoms with Gasteiger partial charge < -0.3 is 0 Å². The molecule has 0 saturated carbocycles. The minimum atomic E-state index is 1.02. The molecule has 0 aliphatic carbocycles. The predicted octanol–water partition coefficient (Wildman–Crippen LogP) is 0.547. The second kappa shape index (κ2) is 1.99. The molecule has 0 fully saturated rings. The van der Waals surface area contributed by atoms with Crippen LogP contribution in [0.5, 0.6) is 0 Å². The van der Waals surface area contributed by atoms with Crippen LogP contribution in [0.25, 0.3) is 0 Å². The molecule has 1 radical (unpaired) electrons. The highest BCUT2D eigenvalue weighted by Gasteiger charge is 2.14. The van der Waals surface area contributed by atoms with Crippen molar-refractivity contribution < 1.29 is 0 Å². The van der Waals surface area contributed by atoms with E-state index in [-0.39, 0.29) is 0 Å². The van der Waals surface area contributed by atoms with Crippen LogP contribution in [-0.2, 0) is 0 Å². The zero-order valence-corrected chi connectivity index (χ0v) is 5.26. The summed E-state index contributed by atoms with van der Waals surface area (Å²) in [5, 5.41) is 0. The Morgan fingerprint density at radius 1 is 1.75 bits per heavy atom. The average Bonchev–Trinajstić information content (AvgIpc) is 2.14. The average molecular weight is 110 g/mol. The van der Waals surface area contributed by atoms with Crippen molar-refractivity contribution in [1.29, 1.82) is 0 Å². The van der Waals surface area contributed by atoms with E-state index in [1.165, 1.54) is 0 Å². The Morgan fingerprint density at radius 2 is 2.50 bits per heavy atom. The van der Waals surface area contributed by atoms with Gasteiger partial charge in [-0.3, -0.25) is 0 Å². The van der Waals surface area contributed by atoms with Gasteiger partial charge in [-0.2, -0.15) is 0 Å². The van der Waals surface area contributed by atoms with Crippen LogP contribution in [0, 0.1) is 0 Å². The maximum Gasteiger partial charge on any atom is 0.298 e. The number of amidine groups is 1. The first-order chi connectivity index (χ1) is 3.84. The molecule has 2 heteroatoms. The second-order valence-corrected chi connectivity index (χ2v) is 1.81. The van der Waals surface area contributed by atoms with Crippen LogP contribution in [0.2, 0.25) is 0 Å². The first-order valence-electron chi connectivity index (χ1n) is 2.80. The number of rotatable bonds is 1. The molecule has 0 aromatic heterocycles. The van der Waals surface area contributed by atoms with Crippen molar-refractivity contribution in [2.75, 3.05) is 7.05 Å². The summed E-state index contributed by atoms with van der Waals surface area (Å²) < 4.78 is 0. The molecule has 0 aromatic carbocycles. The molecular formula is C6H10N2+. The van der Waals surface area contributed by atoms with Gasteiger partial charge in [0.25, 0.3) is 5.84 Å². The maximum atomic E-state index is 4.10. The Hall–Kier alpha value is -0.790. The van der Waals surface area contributed by atoms with E-state index in [0.717, 1.165) is 12.3 Å². The minimum Gasteiger partial charge on any atom is -0.234 e. The SMILES string of the molecule is CCC1=[N+]C=CN1C. The Morgan fingerprint density at radius 3 is 2.75 bits per heavy atom. The highest BCUT2D eigenvalue weighted by Crippen LogP contribution is 1.94. The van der Waals surface area contributed by atoms with Gasteiger partial charge in [-0.25, -0.2) is 4.90 Å². The summed E-state index contributed by atoms with van der Waals surface area (Å²) in [6.45, 7) is 2.10. The summed E-state index contributed by atoms with van der Waals surface area (Å²) in [4.78, 5) is 6.12.